The van der Waals surface area contributed by atoms with E-state index >= 15 is 0 Å². The summed E-state index contributed by atoms with van der Waals surface area (Å²) in [5.74, 6) is 0.450. The minimum absolute atomic E-state index is 0.150. The fourth-order valence-corrected chi connectivity index (χ4v) is 3.10. The van der Waals surface area contributed by atoms with Gasteiger partial charge in [0.15, 0.2) is 0 Å². The van der Waals surface area contributed by atoms with Crippen LogP contribution in [0.2, 0.25) is 0 Å². The standard InChI is InChI=1S/C13H15BrN2S/c1-8(2)11-7-17-13(16-11)12(15)9-5-3-4-6-10(9)14/h3-8,12H,15H2,1-2H3. The van der Waals surface area contributed by atoms with Gasteiger partial charge in [-0.3, -0.25) is 0 Å². The molecule has 1 atom stereocenters. The largest absolute Gasteiger partial charge is 0.318 e. The Morgan fingerprint density at radius 2 is 2.00 bits per heavy atom. The lowest BCUT2D eigenvalue weighted by molar-refractivity contribution is 0.794. The van der Waals surface area contributed by atoms with Gasteiger partial charge >= 0.3 is 0 Å². The number of thiazole rings is 1. The monoisotopic (exact) mass is 310 g/mol. The number of hydrogen-bond acceptors (Lipinski definition) is 3. The summed E-state index contributed by atoms with van der Waals surface area (Å²) < 4.78 is 1.04. The van der Waals surface area contributed by atoms with Crippen LogP contribution in [0.15, 0.2) is 34.1 Å². The van der Waals surface area contributed by atoms with Gasteiger partial charge in [-0.2, -0.15) is 0 Å². The summed E-state index contributed by atoms with van der Waals surface area (Å²) in [7, 11) is 0. The summed E-state index contributed by atoms with van der Waals surface area (Å²) in [6.45, 7) is 4.28. The highest BCUT2D eigenvalue weighted by molar-refractivity contribution is 9.10. The van der Waals surface area contributed by atoms with Crippen molar-refractivity contribution in [2.75, 3.05) is 0 Å². The first-order chi connectivity index (χ1) is 8.09. The van der Waals surface area contributed by atoms with E-state index < -0.39 is 0 Å². The molecule has 0 aliphatic rings. The first kappa shape index (κ1) is 12.7. The van der Waals surface area contributed by atoms with E-state index in [1.54, 1.807) is 11.3 Å². The molecule has 1 heterocycles. The number of rotatable bonds is 3. The Kier molecular flexibility index (Phi) is 3.97. The smallest absolute Gasteiger partial charge is 0.114 e. The van der Waals surface area contributed by atoms with Gasteiger partial charge in [-0.15, -0.1) is 11.3 Å². The highest BCUT2D eigenvalue weighted by Crippen LogP contribution is 2.29. The lowest BCUT2D eigenvalue weighted by Gasteiger charge is -2.10. The Balaban J connectivity index is 2.31. The van der Waals surface area contributed by atoms with Crippen molar-refractivity contribution in [1.29, 1.82) is 0 Å². The lowest BCUT2D eigenvalue weighted by Crippen LogP contribution is -2.12. The maximum Gasteiger partial charge on any atom is 0.114 e. The van der Waals surface area contributed by atoms with Crippen molar-refractivity contribution in [1.82, 2.24) is 4.98 Å². The summed E-state index contributed by atoms with van der Waals surface area (Å²) in [5, 5.41) is 3.07. The minimum Gasteiger partial charge on any atom is -0.318 e. The molecule has 0 fully saturated rings. The van der Waals surface area contributed by atoms with E-state index in [0.29, 0.717) is 5.92 Å². The van der Waals surface area contributed by atoms with Crippen LogP contribution in [0.3, 0.4) is 0 Å². The molecule has 0 saturated carbocycles. The Hall–Kier alpha value is -0.710. The van der Waals surface area contributed by atoms with Crippen LogP contribution in [-0.2, 0) is 0 Å². The normalized spacial score (nSPS) is 13.0. The second-order valence-corrected chi connectivity index (χ2v) is 6.01. The number of benzene rings is 1. The number of nitrogens with two attached hydrogens (primary N) is 1. The zero-order valence-electron chi connectivity index (χ0n) is 9.85. The van der Waals surface area contributed by atoms with Crippen molar-refractivity contribution in [2.45, 2.75) is 25.8 Å². The van der Waals surface area contributed by atoms with Gasteiger partial charge in [-0.25, -0.2) is 4.98 Å². The zero-order valence-corrected chi connectivity index (χ0v) is 12.3. The van der Waals surface area contributed by atoms with E-state index in [-0.39, 0.29) is 6.04 Å². The van der Waals surface area contributed by atoms with Crippen LogP contribution in [0.25, 0.3) is 0 Å². The third-order valence-electron chi connectivity index (χ3n) is 2.64. The molecule has 0 bridgehead atoms. The van der Waals surface area contributed by atoms with E-state index in [4.69, 9.17) is 5.73 Å². The van der Waals surface area contributed by atoms with E-state index in [0.717, 1.165) is 20.7 Å². The van der Waals surface area contributed by atoms with Crippen LogP contribution in [0.5, 0.6) is 0 Å². The Labute approximate surface area is 114 Å². The summed E-state index contributed by atoms with van der Waals surface area (Å²) in [6, 6.07) is 7.87. The molecule has 0 spiro atoms. The van der Waals surface area contributed by atoms with Gasteiger partial charge in [0.25, 0.3) is 0 Å². The first-order valence-corrected chi connectivity index (χ1v) is 7.22. The average molecular weight is 311 g/mol. The van der Waals surface area contributed by atoms with Crippen LogP contribution >= 0.6 is 27.3 Å². The van der Waals surface area contributed by atoms with Crippen LogP contribution in [-0.4, -0.2) is 4.98 Å². The van der Waals surface area contributed by atoms with Crippen molar-refractivity contribution >= 4 is 27.3 Å². The van der Waals surface area contributed by atoms with Gasteiger partial charge in [0.05, 0.1) is 11.7 Å². The lowest BCUT2D eigenvalue weighted by atomic mass is 10.1. The molecular weight excluding hydrogens is 296 g/mol. The van der Waals surface area contributed by atoms with Crippen molar-refractivity contribution in [2.24, 2.45) is 5.73 Å². The van der Waals surface area contributed by atoms with E-state index in [9.17, 15) is 0 Å². The molecular formula is C13H15BrN2S. The molecule has 2 nitrogen and oxygen atoms in total. The minimum atomic E-state index is -0.150. The summed E-state index contributed by atoms with van der Waals surface area (Å²) in [5.41, 5.74) is 8.45. The van der Waals surface area contributed by atoms with Gasteiger partial charge < -0.3 is 5.73 Å². The molecule has 90 valence electrons. The van der Waals surface area contributed by atoms with Gasteiger partial charge in [-0.1, -0.05) is 48.0 Å². The fourth-order valence-electron chi connectivity index (χ4n) is 1.57. The van der Waals surface area contributed by atoms with E-state index in [1.807, 2.05) is 24.3 Å². The predicted molar refractivity (Wildman–Crippen MR) is 76.4 cm³/mol. The molecule has 2 aromatic rings. The van der Waals surface area contributed by atoms with Crippen LogP contribution in [0, 0.1) is 0 Å². The van der Waals surface area contributed by atoms with Crippen LogP contribution < -0.4 is 5.73 Å². The highest BCUT2D eigenvalue weighted by atomic mass is 79.9. The van der Waals surface area contributed by atoms with Gasteiger partial charge in [0.1, 0.15) is 5.01 Å². The molecule has 2 rings (SSSR count). The summed E-state index contributed by atoms with van der Waals surface area (Å²) in [6.07, 6.45) is 0. The first-order valence-electron chi connectivity index (χ1n) is 5.55. The number of aromatic nitrogens is 1. The van der Waals surface area contributed by atoms with E-state index in [1.165, 1.54) is 0 Å². The third kappa shape index (κ3) is 2.76. The summed E-state index contributed by atoms with van der Waals surface area (Å²) in [4.78, 5) is 4.60. The molecule has 4 heteroatoms. The molecule has 1 aromatic carbocycles. The van der Waals surface area contributed by atoms with Gasteiger partial charge in [0, 0.05) is 9.85 Å². The molecule has 0 amide bonds. The zero-order chi connectivity index (χ0) is 12.4. The number of nitrogens with zero attached hydrogens (tertiary/aromatic N) is 1. The molecule has 1 aromatic heterocycles. The molecule has 2 N–H and O–H groups in total. The van der Waals surface area contributed by atoms with Gasteiger partial charge in [-0.05, 0) is 17.5 Å². The van der Waals surface area contributed by atoms with Gasteiger partial charge in [0.2, 0.25) is 0 Å². The van der Waals surface area contributed by atoms with Crippen molar-refractivity contribution in [3.05, 3.63) is 50.4 Å². The predicted octanol–water partition coefficient (Wildman–Crippen LogP) is 4.08. The van der Waals surface area contributed by atoms with Crippen molar-refractivity contribution in [3.63, 3.8) is 0 Å². The van der Waals surface area contributed by atoms with Crippen molar-refractivity contribution < 1.29 is 0 Å². The molecule has 0 radical (unpaired) electrons. The Bertz CT molecular complexity index is 508. The third-order valence-corrected chi connectivity index (χ3v) is 4.31. The summed E-state index contributed by atoms with van der Waals surface area (Å²) >= 11 is 5.16. The average Bonchev–Trinajstić information content (AvgIpc) is 2.78. The molecule has 0 saturated heterocycles. The second kappa shape index (κ2) is 5.29. The topological polar surface area (TPSA) is 38.9 Å². The number of hydrogen-bond donors (Lipinski definition) is 1. The Morgan fingerprint density at radius 3 is 2.59 bits per heavy atom. The SMILES string of the molecule is CC(C)c1csc(C(N)c2ccccc2Br)n1. The van der Waals surface area contributed by atoms with E-state index in [2.05, 4.69) is 40.1 Å². The van der Waals surface area contributed by atoms with Crippen LogP contribution in [0.1, 0.15) is 42.1 Å². The fraction of sp³-hybridized carbons (Fsp3) is 0.308. The second-order valence-electron chi connectivity index (χ2n) is 4.26. The quantitative estimate of drug-likeness (QED) is 0.928. The number of halogens is 1. The highest BCUT2D eigenvalue weighted by Gasteiger charge is 2.16. The molecule has 1 unspecified atom stereocenters. The molecule has 17 heavy (non-hydrogen) atoms. The maximum atomic E-state index is 6.25. The molecule has 0 aliphatic heterocycles. The van der Waals surface area contributed by atoms with Crippen molar-refractivity contribution in [3.8, 4) is 0 Å². The maximum absolute atomic E-state index is 6.25. The Morgan fingerprint density at radius 1 is 1.29 bits per heavy atom. The molecule has 0 aliphatic carbocycles. The van der Waals surface area contributed by atoms with Crippen LogP contribution in [0.4, 0.5) is 0 Å².